The van der Waals surface area contributed by atoms with Gasteiger partial charge < -0.3 is 11.1 Å². The zero-order chi connectivity index (χ0) is 21.7. The smallest absolute Gasteiger partial charge is 0.232 e. The minimum Gasteiger partial charge on any atom is -0.402 e. The summed E-state index contributed by atoms with van der Waals surface area (Å²) in [7, 11) is 2.73. The van der Waals surface area contributed by atoms with Crippen LogP contribution in [0.4, 0.5) is 5.69 Å². The van der Waals surface area contributed by atoms with E-state index in [0.29, 0.717) is 17.2 Å². The van der Waals surface area contributed by atoms with E-state index in [-0.39, 0.29) is 22.7 Å². The van der Waals surface area contributed by atoms with Gasteiger partial charge in [-0.2, -0.15) is 0 Å². The fourth-order valence-electron chi connectivity index (χ4n) is 4.64. The Balaban J connectivity index is 1.61. The van der Waals surface area contributed by atoms with E-state index in [1.807, 2.05) is 19.2 Å². The molecule has 2 atom stereocenters. The number of fused-ring (bicyclic) bond motifs is 2. The quantitative estimate of drug-likeness (QED) is 0.737. The largest absolute Gasteiger partial charge is 0.402 e. The van der Waals surface area contributed by atoms with Crippen LogP contribution in [0.25, 0.3) is 6.08 Å². The summed E-state index contributed by atoms with van der Waals surface area (Å²) < 4.78 is 0. The van der Waals surface area contributed by atoms with Crippen LogP contribution in [0, 0.1) is 0 Å². The number of nitrogens with one attached hydrogen (secondary N) is 1. The van der Waals surface area contributed by atoms with Crippen molar-refractivity contribution in [2.45, 2.75) is 70.1 Å². The van der Waals surface area contributed by atoms with Crippen molar-refractivity contribution in [2.24, 2.45) is 5.73 Å². The van der Waals surface area contributed by atoms with Crippen LogP contribution in [0.3, 0.4) is 0 Å². The van der Waals surface area contributed by atoms with Gasteiger partial charge in [-0.15, -0.1) is 9.24 Å². The number of anilines is 1. The number of amides is 1. The van der Waals surface area contributed by atoms with Crippen molar-refractivity contribution in [3.63, 3.8) is 0 Å². The van der Waals surface area contributed by atoms with Gasteiger partial charge in [-0.05, 0) is 37.6 Å². The molecular weight excluding hydrogens is 393 g/mol. The molecule has 158 valence electrons. The molecule has 6 nitrogen and oxygen atoms in total. The Kier molecular flexibility index (Phi) is 5.17. The molecule has 0 radical (unpaired) electrons. The van der Waals surface area contributed by atoms with E-state index in [1.54, 1.807) is 12.3 Å². The third-order valence-electron chi connectivity index (χ3n) is 6.19. The van der Waals surface area contributed by atoms with Gasteiger partial charge in [0.25, 0.3) is 0 Å². The number of allylic oxidation sites excluding steroid dienone is 1. The lowest BCUT2D eigenvalue weighted by molar-refractivity contribution is -0.117. The molecule has 3 N–H and O–H groups in total. The summed E-state index contributed by atoms with van der Waals surface area (Å²) in [6.45, 7) is 8.21. The molecule has 2 aromatic rings. The molecule has 30 heavy (non-hydrogen) atoms. The molecule has 1 spiro atoms. The average molecular weight is 424 g/mol. The molecule has 0 aliphatic heterocycles. The molecule has 2 heterocycles. The van der Waals surface area contributed by atoms with Crippen molar-refractivity contribution in [1.82, 2.24) is 15.0 Å². The maximum atomic E-state index is 13.2. The highest BCUT2D eigenvalue weighted by atomic mass is 31.0. The summed E-state index contributed by atoms with van der Waals surface area (Å²) in [5.74, 6) is 0.361. The highest BCUT2D eigenvalue weighted by molar-refractivity contribution is 7.27. The van der Waals surface area contributed by atoms with Crippen LogP contribution in [0.15, 0.2) is 24.2 Å². The Morgan fingerprint density at radius 2 is 2.03 bits per heavy atom. The van der Waals surface area contributed by atoms with Gasteiger partial charge in [-0.3, -0.25) is 9.78 Å². The fourth-order valence-corrected chi connectivity index (χ4v) is 5.33. The van der Waals surface area contributed by atoms with Gasteiger partial charge in [0.2, 0.25) is 5.91 Å². The molecule has 0 bridgehead atoms. The van der Waals surface area contributed by atoms with Crippen LogP contribution in [0.5, 0.6) is 0 Å². The third-order valence-corrected chi connectivity index (χ3v) is 6.63. The Labute approximate surface area is 180 Å². The molecule has 0 saturated heterocycles. The molecule has 7 heteroatoms. The van der Waals surface area contributed by atoms with E-state index in [2.05, 4.69) is 45.3 Å². The zero-order valence-corrected chi connectivity index (χ0v) is 19.3. The maximum Gasteiger partial charge on any atom is 0.232 e. The highest BCUT2D eigenvalue weighted by Gasteiger charge is 2.51. The molecule has 2 aromatic heterocycles. The number of hydrogen-bond donors (Lipinski definition) is 2. The van der Waals surface area contributed by atoms with Crippen LogP contribution < -0.4 is 16.4 Å². The lowest BCUT2D eigenvalue weighted by Gasteiger charge is -2.38. The van der Waals surface area contributed by atoms with Crippen molar-refractivity contribution in [3.8, 4) is 0 Å². The van der Waals surface area contributed by atoms with Gasteiger partial charge in [0.1, 0.15) is 0 Å². The van der Waals surface area contributed by atoms with Crippen molar-refractivity contribution in [2.75, 3.05) is 5.32 Å². The Hall–Kier alpha value is -2.33. The average Bonchev–Trinajstić information content (AvgIpc) is 2.95. The van der Waals surface area contributed by atoms with Crippen LogP contribution in [-0.4, -0.2) is 20.9 Å². The number of aromatic nitrogens is 3. The second-order valence-corrected chi connectivity index (χ2v) is 10.3. The zero-order valence-electron chi connectivity index (χ0n) is 18.1. The minimum absolute atomic E-state index is 0.00544. The Bertz CT molecular complexity index is 1030. The second kappa shape index (κ2) is 7.42. The molecule has 2 aliphatic rings. The lowest BCUT2D eigenvalue weighted by Crippen LogP contribution is -2.33. The first-order valence-electron chi connectivity index (χ1n) is 10.5. The van der Waals surface area contributed by atoms with Gasteiger partial charge in [-0.1, -0.05) is 27.2 Å². The van der Waals surface area contributed by atoms with E-state index in [9.17, 15) is 4.79 Å². The summed E-state index contributed by atoms with van der Waals surface area (Å²) in [5.41, 5.74) is 10.1. The Morgan fingerprint density at radius 1 is 1.30 bits per heavy atom. The standard InChI is InChI=1S/C23H30N5OP/c1-13(24)8-18-25-12-16-15(10-23(6-5-7-23)19(16)28-18)21(29)27-14-9-17(30)20(26-11-14)22(2,3)4/h8-9,11-12,15H,5-7,10,24,30H2,1-4H3,(H,27,29). The van der Waals surface area contributed by atoms with Crippen molar-refractivity contribution in [1.29, 1.82) is 0 Å². The highest BCUT2D eigenvalue weighted by Crippen LogP contribution is 2.56. The van der Waals surface area contributed by atoms with Crippen LogP contribution >= 0.6 is 9.24 Å². The summed E-state index contributed by atoms with van der Waals surface area (Å²) in [5, 5.41) is 4.07. The van der Waals surface area contributed by atoms with Crippen LogP contribution in [0.2, 0.25) is 0 Å². The van der Waals surface area contributed by atoms with E-state index in [0.717, 1.165) is 41.5 Å². The van der Waals surface area contributed by atoms with E-state index in [4.69, 9.17) is 10.7 Å². The second-order valence-electron chi connectivity index (χ2n) is 9.71. The van der Waals surface area contributed by atoms with Gasteiger partial charge in [0.05, 0.1) is 29.2 Å². The summed E-state index contributed by atoms with van der Waals surface area (Å²) >= 11 is 0. The molecule has 1 saturated carbocycles. The normalized spacial score (nSPS) is 20.0. The number of carbonyl (C=O) groups excluding carboxylic acids is 1. The molecule has 0 aromatic carbocycles. The lowest BCUT2D eigenvalue weighted by atomic mass is 9.66. The number of pyridine rings is 1. The predicted octanol–water partition coefficient (Wildman–Crippen LogP) is 3.54. The molecule has 2 unspecified atom stereocenters. The maximum absolute atomic E-state index is 13.2. The van der Waals surface area contributed by atoms with Gasteiger partial charge >= 0.3 is 0 Å². The summed E-state index contributed by atoms with van der Waals surface area (Å²) in [4.78, 5) is 27.1. The molecule has 2 aliphatic carbocycles. The monoisotopic (exact) mass is 423 g/mol. The molecular formula is C23H30N5OP. The number of hydrogen-bond acceptors (Lipinski definition) is 5. The topological polar surface area (TPSA) is 93.8 Å². The van der Waals surface area contributed by atoms with Crippen molar-refractivity contribution >= 4 is 32.2 Å². The van der Waals surface area contributed by atoms with Gasteiger partial charge in [0, 0.05) is 34.4 Å². The SMILES string of the molecule is CC(N)=Cc1ncc2c(n1)C1(CCC1)CC2C(=O)Nc1cnc(C(C)(C)C)c(P)c1. The van der Waals surface area contributed by atoms with Crippen LogP contribution in [0.1, 0.15) is 82.1 Å². The minimum atomic E-state index is -0.243. The summed E-state index contributed by atoms with van der Waals surface area (Å²) in [6.07, 6.45) is 9.45. The fraction of sp³-hybridized carbons (Fsp3) is 0.478. The molecule has 1 fully saturated rings. The third kappa shape index (κ3) is 3.74. The summed E-state index contributed by atoms with van der Waals surface area (Å²) in [6, 6.07) is 1.97. The van der Waals surface area contributed by atoms with Crippen molar-refractivity contribution < 1.29 is 4.79 Å². The first kappa shape index (κ1) is 20.9. The first-order valence-corrected chi connectivity index (χ1v) is 11.0. The number of carbonyl (C=O) groups is 1. The van der Waals surface area contributed by atoms with Crippen molar-refractivity contribution in [3.05, 3.63) is 46.9 Å². The number of nitrogens with zero attached hydrogens (tertiary/aromatic N) is 3. The number of nitrogens with two attached hydrogens (primary N) is 1. The Morgan fingerprint density at radius 3 is 2.60 bits per heavy atom. The predicted molar refractivity (Wildman–Crippen MR) is 124 cm³/mol. The first-order chi connectivity index (χ1) is 14.1. The van der Waals surface area contributed by atoms with E-state index >= 15 is 0 Å². The van der Waals surface area contributed by atoms with Crippen LogP contribution in [-0.2, 0) is 15.6 Å². The molecule has 1 amide bonds. The molecule has 4 rings (SSSR count). The van der Waals surface area contributed by atoms with E-state index < -0.39 is 0 Å². The number of rotatable bonds is 3. The van der Waals surface area contributed by atoms with Gasteiger partial charge in [-0.25, -0.2) is 9.97 Å². The van der Waals surface area contributed by atoms with E-state index in [1.165, 1.54) is 6.42 Å². The van der Waals surface area contributed by atoms with Gasteiger partial charge in [0.15, 0.2) is 5.82 Å².